The van der Waals surface area contributed by atoms with E-state index in [2.05, 4.69) is 11.9 Å². The predicted octanol–water partition coefficient (Wildman–Crippen LogP) is 3.29. The Morgan fingerprint density at radius 1 is 1.36 bits per heavy atom. The summed E-state index contributed by atoms with van der Waals surface area (Å²) in [7, 11) is 1.67. The van der Waals surface area contributed by atoms with Gasteiger partial charge in [0.25, 0.3) is 0 Å². The zero-order valence-electron chi connectivity index (χ0n) is 13.6. The van der Waals surface area contributed by atoms with Crippen LogP contribution in [0.5, 0.6) is 5.75 Å². The molecular weight excluding hydrogens is 276 g/mol. The van der Waals surface area contributed by atoms with E-state index in [1.807, 2.05) is 30.0 Å². The van der Waals surface area contributed by atoms with Gasteiger partial charge in [-0.2, -0.15) is 0 Å². The van der Waals surface area contributed by atoms with Gasteiger partial charge in [0.15, 0.2) is 0 Å². The lowest BCUT2D eigenvalue weighted by atomic mass is 9.98. The SMILES string of the molecule is COc1ccc2[nH]c(C)c(CC(=O)N3CCC(C)CC3)c2c1. The van der Waals surface area contributed by atoms with Crippen molar-refractivity contribution in [3.05, 3.63) is 29.5 Å². The van der Waals surface area contributed by atoms with Gasteiger partial charge < -0.3 is 14.6 Å². The Bertz CT molecular complexity index is 682. The molecule has 1 amide bonds. The van der Waals surface area contributed by atoms with Gasteiger partial charge in [-0.05, 0) is 49.4 Å². The van der Waals surface area contributed by atoms with E-state index >= 15 is 0 Å². The number of nitrogens with one attached hydrogen (secondary N) is 1. The maximum Gasteiger partial charge on any atom is 0.227 e. The van der Waals surface area contributed by atoms with Crippen LogP contribution in [-0.4, -0.2) is 36.0 Å². The third-order valence-electron chi connectivity index (χ3n) is 4.79. The fourth-order valence-electron chi connectivity index (χ4n) is 3.24. The second-order valence-corrected chi connectivity index (χ2v) is 6.38. The van der Waals surface area contributed by atoms with Gasteiger partial charge in [0.1, 0.15) is 5.75 Å². The molecule has 0 bridgehead atoms. The lowest BCUT2D eigenvalue weighted by Crippen LogP contribution is -2.38. The molecule has 2 aromatic rings. The molecule has 1 aliphatic rings. The van der Waals surface area contributed by atoms with E-state index < -0.39 is 0 Å². The standard InChI is InChI=1S/C18H24N2O2/c1-12-6-8-20(9-7-12)18(21)11-15-13(2)19-17-5-4-14(22-3)10-16(15)17/h4-5,10,12,19H,6-9,11H2,1-3H3. The Labute approximate surface area is 131 Å². The fraction of sp³-hybridized carbons (Fsp3) is 0.500. The quantitative estimate of drug-likeness (QED) is 0.945. The highest BCUT2D eigenvalue weighted by molar-refractivity contribution is 5.91. The minimum atomic E-state index is 0.235. The van der Waals surface area contributed by atoms with Crippen LogP contribution in [0, 0.1) is 12.8 Å². The molecule has 0 aliphatic carbocycles. The largest absolute Gasteiger partial charge is 0.497 e. The predicted molar refractivity (Wildman–Crippen MR) is 88.3 cm³/mol. The molecule has 0 radical (unpaired) electrons. The molecule has 22 heavy (non-hydrogen) atoms. The van der Waals surface area contributed by atoms with E-state index in [0.717, 1.165) is 59.8 Å². The third kappa shape index (κ3) is 2.82. The molecule has 1 saturated heterocycles. The number of carbonyl (C=O) groups excluding carboxylic acids is 1. The number of piperidine rings is 1. The number of likely N-dealkylation sites (tertiary alicyclic amines) is 1. The Morgan fingerprint density at radius 2 is 2.09 bits per heavy atom. The van der Waals surface area contributed by atoms with Crippen molar-refractivity contribution in [1.82, 2.24) is 9.88 Å². The molecular formula is C18H24N2O2. The van der Waals surface area contributed by atoms with Crippen molar-refractivity contribution in [2.75, 3.05) is 20.2 Å². The molecule has 3 rings (SSSR count). The van der Waals surface area contributed by atoms with Gasteiger partial charge in [0, 0.05) is 29.7 Å². The lowest BCUT2D eigenvalue weighted by molar-refractivity contribution is -0.131. The number of ether oxygens (including phenoxy) is 1. The third-order valence-corrected chi connectivity index (χ3v) is 4.79. The van der Waals surface area contributed by atoms with Crippen LogP contribution >= 0.6 is 0 Å². The number of H-pyrrole nitrogens is 1. The average Bonchev–Trinajstić information content (AvgIpc) is 2.83. The molecule has 4 heteroatoms. The summed E-state index contributed by atoms with van der Waals surface area (Å²) in [6.07, 6.45) is 2.70. The number of hydrogen-bond acceptors (Lipinski definition) is 2. The number of hydrogen-bond donors (Lipinski definition) is 1. The van der Waals surface area contributed by atoms with Gasteiger partial charge in [0.05, 0.1) is 13.5 Å². The summed E-state index contributed by atoms with van der Waals surface area (Å²) in [5, 5.41) is 1.09. The number of aryl methyl sites for hydroxylation is 1. The van der Waals surface area contributed by atoms with Crippen LogP contribution in [0.15, 0.2) is 18.2 Å². The van der Waals surface area contributed by atoms with Crippen LogP contribution in [0.4, 0.5) is 0 Å². The van der Waals surface area contributed by atoms with Crippen molar-refractivity contribution >= 4 is 16.8 Å². The van der Waals surface area contributed by atoms with E-state index in [1.54, 1.807) is 7.11 Å². The zero-order chi connectivity index (χ0) is 15.7. The topological polar surface area (TPSA) is 45.3 Å². The second-order valence-electron chi connectivity index (χ2n) is 6.38. The van der Waals surface area contributed by atoms with Gasteiger partial charge in [-0.3, -0.25) is 4.79 Å². The van der Waals surface area contributed by atoms with Crippen molar-refractivity contribution in [1.29, 1.82) is 0 Å². The highest BCUT2D eigenvalue weighted by Crippen LogP contribution is 2.27. The Hall–Kier alpha value is -1.97. The summed E-state index contributed by atoms with van der Waals surface area (Å²) < 4.78 is 5.31. The molecule has 4 nitrogen and oxygen atoms in total. The normalized spacial score (nSPS) is 16.2. The number of aromatic nitrogens is 1. The van der Waals surface area contributed by atoms with Crippen LogP contribution in [-0.2, 0) is 11.2 Å². The van der Waals surface area contributed by atoms with E-state index in [1.165, 1.54) is 0 Å². The molecule has 2 heterocycles. The smallest absolute Gasteiger partial charge is 0.227 e. The first-order valence-corrected chi connectivity index (χ1v) is 8.01. The maximum atomic E-state index is 12.6. The molecule has 1 aromatic heterocycles. The summed E-state index contributed by atoms with van der Waals surface area (Å²) in [5.74, 6) is 1.80. The number of fused-ring (bicyclic) bond motifs is 1. The number of methoxy groups -OCH3 is 1. The van der Waals surface area contributed by atoms with Gasteiger partial charge in [0.2, 0.25) is 5.91 Å². The highest BCUT2D eigenvalue weighted by Gasteiger charge is 2.22. The highest BCUT2D eigenvalue weighted by atomic mass is 16.5. The molecule has 0 atom stereocenters. The Kier molecular flexibility index (Phi) is 4.10. The summed E-state index contributed by atoms with van der Waals surface area (Å²) in [5.41, 5.74) is 3.23. The summed E-state index contributed by atoms with van der Waals surface area (Å²) in [6, 6.07) is 5.97. The van der Waals surface area contributed by atoms with E-state index in [-0.39, 0.29) is 5.91 Å². The number of nitrogens with zero attached hydrogens (tertiary/aromatic N) is 1. The van der Waals surface area contributed by atoms with Crippen molar-refractivity contribution in [3.8, 4) is 5.75 Å². The van der Waals surface area contributed by atoms with Crippen molar-refractivity contribution in [3.63, 3.8) is 0 Å². The fourth-order valence-corrected chi connectivity index (χ4v) is 3.24. The van der Waals surface area contributed by atoms with Crippen molar-refractivity contribution < 1.29 is 9.53 Å². The van der Waals surface area contributed by atoms with Crippen LogP contribution in [0.3, 0.4) is 0 Å². The number of rotatable bonds is 3. The van der Waals surface area contributed by atoms with E-state index in [9.17, 15) is 4.79 Å². The first-order chi connectivity index (χ1) is 10.6. The van der Waals surface area contributed by atoms with Gasteiger partial charge >= 0.3 is 0 Å². The van der Waals surface area contributed by atoms with Crippen molar-refractivity contribution in [2.45, 2.75) is 33.1 Å². The molecule has 0 spiro atoms. The van der Waals surface area contributed by atoms with Crippen LogP contribution < -0.4 is 4.74 Å². The molecule has 1 fully saturated rings. The first-order valence-electron chi connectivity index (χ1n) is 8.01. The summed E-state index contributed by atoms with van der Waals surface area (Å²) >= 11 is 0. The number of aromatic amines is 1. The second kappa shape index (κ2) is 6.03. The molecule has 1 aromatic carbocycles. The molecule has 0 saturated carbocycles. The Balaban J connectivity index is 1.83. The maximum absolute atomic E-state index is 12.6. The van der Waals surface area contributed by atoms with E-state index in [0.29, 0.717) is 6.42 Å². The molecule has 1 N–H and O–H groups in total. The van der Waals surface area contributed by atoms with Crippen LogP contribution in [0.2, 0.25) is 0 Å². The zero-order valence-corrected chi connectivity index (χ0v) is 13.6. The van der Waals surface area contributed by atoms with Gasteiger partial charge in [-0.15, -0.1) is 0 Å². The first kappa shape index (κ1) is 14.9. The van der Waals surface area contributed by atoms with Crippen molar-refractivity contribution in [2.24, 2.45) is 5.92 Å². The lowest BCUT2D eigenvalue weighted by Gasteiger charge is -2.30. The van der Waals surface area contributed by atoms with Crippen LogP contribution in [0.25, 0.3) is 10.9 Å². The number of amides is 1. The van der Waals surface area contributed by atoms with Gasteiger partial charge in [-0.1, -0.05) is 6.92 Å². The number of carbonyl (C=O) groups is 1. The number of benzene rings is 1. The average molecular weight is 300 g/mol. The molecule has 118 valence electrons. The minimum Gasteiger partial charge on any atom is -0.497 e. The Morgan fingerprint density at radius 3 is 2.77 bits per heavy atom. The van der Waals surface area contributed by atoms with E-state index in [4.69, 9.17) is 4.74 Å². The van der Waals surface area contributed by atoms with Crippen LogP contribution in [0.1, 0.15) is 31.0 Å². The van der Waals surface area contributed by atoms with Gasteiger partial charge in [-0.25, -0.2) is 0 Å². The molecule has 0 unspecified atom stereocenters. The monoisotopic (exact) mass is 300 g/mol. The summed E-state index contributed by atoms with van der Waals surface area (Å²) in [6.45, 7) is 6.08. The summed E-state index contributed by atoms with van der Waals surface area (Å²) in [4.78, 5) is 18.0. The minimum absolute atomic E-state index is 0.235. The molecule has 1 aliphatic heterocycles.